The Hall–Kier alpha value is -1.30. The molecular formula is C19H28ClN3O2. The van der Waals surface area contributed by atoms with Crippen LogP contribution in [0.2, 0.25) is 5.02 Å². The number of hydrogen-bond acceptors (Lipinski definition) is 4. The number of halogens is 1. The predicted octanol–water partition coefficient (Wildman–Crippen LogP) is 2.35. The van der Waals surface area contributed by atoms with Gasteiger partial charge < -0.3 is 9.64 Å². The Morgan fingerprint density at radius 3 is 2.48 bits per heavy atom. The molecule has 2 saturated heterocycles. The van der Waals surface area contributed by atoms with E-state index in [2.05, 4.69) is 16.7 Å². The number of benzene rings is 1. The average molecular weight is 366 g/mol. The van der Waals surface area contributed by atoms with Gasteiger partial charge in [-0.05, 0) is 31.9 Å². The molecule has 138 valence electrons. The summed E-state index contributed by atoms with van der Waals surface area (Å²) >= 11 is 6.10. The van der Waals surface area contributed by atoms with E-state index >= 15 is 0 Å². The van der Waals surface area contributed by atoms with Crippen molar-refractivity contribution in [2.24, 2.45) is 0 Å². The number of piperazine rings is 1. The van der Waals surface area contributed by atoms with Crippen molar-refractivity contribution < 1.29 is 9.53 Å². The van der Waals surface area contributed by atoms with Gasteiger partial charge in [0.2, 0.25) is 5.91 Å². The minimum absolute atomic E-state index is 0.000347. The normalized spacial score (nSPS) is 20.6. The fourth-order valence-electron chi connectivity index (χ4n) is 3.58. The van der Waals surface area contributed by atoms with Crippen molar-refractivity contribution in [3.63, 3.8) is 0 Å². The van der Waals surface area contributed by atoms with E-state index in [9.17, 15) is 4.79 Å². The van der Waals surface area contributed by atoms with Crippen LogP contribution in [0, 0.1) is 0 Å². The van der Waals surface area contributed by atoms with Crippen LogP contribution in [-0.4, -0.2) is 79.1 Å². The van der Waals surface area contributed by atoms with Crippen LogP contribution in [0.15, 0.2) is 24.3 Å². The molecule has 25 heavy (non-hydrogen) atoms. The Morgan fingerprint density at radius 2 is 1.80 bits per heavy atom. The van der Waals surface area contributed by atoms with Crippen LogP contribution in [0.25, 0.3) is 0 Å². The third-order valence-electron chi connectivity index (χ3n) is 5.23. The number of amides is 1. The first-order chi connectivity index (χ1) is 12.1. The molecule has 0 radical (unpaired) electrons. The summed E-state index contributed by atoms with van der Waals surface area (Å²) in [6, 6.07) is 7.57. The largest absolute Gasteiger partial charge is 0.491 e. The van der Waals surface area contributed by atoms with Gasteiger partial charge in [0.15, 0.2) is 0 Å². The molecule has 1 aromatic rings. The first-order valence-electron chi connectivity index (χ1n) is 9.27. The monoisotopic (exact) mass is 365 g/mol. The molecule has 0 bridgehead atoms. The summed E-state index contributed by atoms with van der Waals surface area (Å²) in [6.07, 6.45) is 2.30. The van der Waals surface area contributed by atoms with E-state index in [1.807, 2.05) is 29.2 Å². The summed E-state index contributed by atoms with van der Waals surface area (Å²) in [5, 5.41) is 0.654. The number of carbonyl (C=O) groups excluding carboxylic acids is 1. The molecule has 1 amide bonds. The van der Waals surface area contributed by atoms with E-state index in [0.717, 1.165) is 64.4 Å². The van der Waals surface area contributed by atoms with E-state index in [1.54, 1.807) is 0 Å². The van der Waals surface area contributed by atoms with Gasteiger partial charge in [-0.2, -0.15) is 0 Å². The van der Waals surface area contributed by atoms with E-state index < -0.39 is 0 Å². The Bertz CT molecular complexity index is 570. The van der Waals surface area contributed by atoms with Crippen LogP contribution in [0.3, 0.4) is 0 Å². The molecule has 0 saturated carbocycles. The minimum Gasteiger partial charge on any atom is -0.491 e. The zero-order valence-corrected chi connectivity index (χ0v) is 15.7. The third-order valence-corrected chi connectivity index (χ3v) is 5.54. The SMILES string of the molecule is CC(C(=O)N1CCCC1)N1CCN(CCOc2ccccc2Cl)CC1. The van der Waals surface area contributed by atoms with Crippen LogP contribution in [0.5, 0.6) is 5.75 Å². The van der Waals surface area contributed by atoms with Gasteiger partial charge in [0.1, 0.15) is 12.4 Å². The van der Waals surface area contributed by atoms with Crippen LogP contribution in [0.1, 0.15) is 19.8 Å². The lowest BCUT2D eigenvalue weighted by Gasteiger charge is -2.38. The number of nitrogens with zero attached hydrogens (tertiary/aromatic N) is 3. The van der Waals surface area contributed by atoms with E-state index in [-0.39, 0.29) is 6.04 Å². The lowest BCUT2D eigenvalue weighted by molar-refractivity contribution is -0.136. The molecule has 6 heteroatoms. The number of hydrogen-bond donors (Lipinski definition) is 0. The number of rotatable bonds is 6. The number of carbonyl (C=O) groups is 1. The minimum atomic E-state index is -0.000347. The zero-order valence-electron chi connectivity index (χ0n) is 15.0. The van der Waals surface area contributed by atoms with Gasteiger partial charge in [0, 0.05) is 45.8 Å². The predicted molar refractivity (Wildman–Crippen MR) is 100 cm³/mol. The van der Waals surface area contributed by atoms with Crippen LogP contribution in [-0.2, 0) is 4.79 Å². The molecule has 1 atom stereocenters. The second-order valence-electron chi connectivity index (χ2n) is 6.86. The first-order valence-corrected chi connectivity index (χ1v) is 9.65. The molecule has 0 N–H and O–H groups in total. The van der Waals surface area contributed by atoms with Crippen molar-refractivity contribution in [1.29, 1.82) is 0 Å². The van der Waals surface area contributed by atoms with Crippen molar-refractivity contribution >= 4 is 17.5 Å². The van der Waals surface area contributed by atoms with Gasteiger partial charge in [-0.25, -0.2) is 0 Å². The Labute approximate surface area is 155 Å². The first kappa shape index (κ1) is 18.5. The van der Waals surface area contributed by atoms with Crippen molar-refractivity contribution in [1.82, 2.24) is 14.7 Å². The Kier molecular flexibility index (Phi) is 6.57. The fourth-order valence-corrected chi connectivity index (χ4v) is 3.77. The number of likely N-dealkylation sites (tertiary alicyclic amines) is 1. The van der Waals surface area contributed by atoms with Crippen LogP contribution >= 0.6 is 11.6 Å². The quantitative estimate of drug-likeness (QED) is 0.775. The number of ether oxygens (including phenoxy) is 1. The maximum Gasteiger partial charge on any atom is 0.239 e. The standard InChI is InChI=1S/C19H28ClN3O2/c1-16(19(24)23-8-4-5-9-23)22-12-10-21(11-13-22)14-15-25-18-7-3-2-6-17(18)20/h2-3,6-7,16H,4-5,8-15H2,1H3. The molecule has 2 fully saturated rings. The summed E-state index contributed by atoms with van der Waals surface area (Å²) in [6.45, 7) is 9.26. The highest BCUT2D eigenvalue weighted by Crippen LogP contribution is 2.23. The smallest absolute Gasteiger partial charge is 0.239 e. The lowest BCUT2D eigenvalue weighted by atomic mass is 10.2. The summed E-state index contributed by atoms with van der Waals surface area (Å²) in [5.41, 5.74) is 0. The van der Waals surface area contributed by atoms with E-state index in [0.29, 0.717) is 17.5 Å². The second kappa shape index (κ2) is 8.88. The van der Waals surface area contributed by atoms with E-state index in [4.69, 9.17) is 16.3 Å². The zero-order chi connectivity index (χ0) is 17.6. The van der Waals surface area contributed by atoms with Gasteiger partial charge in [0.25, 0.3) is 0 Å². The highest BCUT2D eigenvalue weighted by Gasteiger charge is 2.29. The highest BCUT2D eigenvalue weighted by molar-refractivity contribution is 6.32. The summed E-state index contributed by atoms with van der Waals surface area (Å²) in [5.74, 6) is 1.04. The average Bonchev–Trinajstić information content (AvgIpc) is 3.17. The molecule has 5 nitrogen and oxygen atoms in total. The molecule has 1 aromatic carbocycles. The summed E-state index contributed by atoms with van der Waals surface area (Å²) < 4.78 is 5.77. The molecule has 2 aliphatic rings. The topological polar surface area (TPSA) is 36.0 Å². The second-order valence-corrected chi connectivity index (χ2v) is 7.27. The van der Waals surface area contributed by atoms with Gasteiger partial charge in [-0.3, -0.25) is 14.6 Å². The van der Waals surface area contributed by atoms with Gasteiger partial charge in [-0.1, -0.05) is 23.7 Å². The Morgan fingerprint density at radius 1 is 1.12 bits per heavy atom. The molecule has 0 aromatic heterocycles. The molecule has 2 aliphatic heterocycles. The van der Waals surface area contributed by atoms with Crippen molar-refractivity contribution in [2.45, 2.75) is 25.8 Å². The van der Waals surface area contributed by atoms with Crippen molar-refractivity contribution in [2.75, 3.05) is 52.4 Å². The molecule has 2 heterocycles. The molecule has 3 rings (SSSR count). The van der Waals surface area contributed by atoms with Crippen LogP contribution in [0.4, 0.5) is 0 Å². The fraction of sp³-hybridized carbons (Fsp3) is 0.632. The van der Waals surface area contributed by atoms with E-state index in [1.165, 1.54) is 0 Å². The van der Waals surface area contributed by atoms with Gasteiger partial charge in [0.05, 0.1) is 11.1 Å². The third kappa shape index (κ3) is 4.87. The number of para-hydroxylation sites is 1. The maximum absolute atomic E-state index is 12.5. The Balaban J connectivity index is 1.38. The molecular weight excluding hydrogens is 338 g/mol. The van der Waals surface area contributed by atoms with Crippen molar-refractivity contribution in [3.8, 4) is 5.75 Å². The highest BCUT2D eigenvalue weighted by atomic mass is 35.5. The summed E-state index contributed by atoms with van der Waals surface area (Å²) in [7, 11) is 0. The summed E-state index contributed by atoms with van der Waals surface area (Å²) in [4.78, 5) is 19.2. The van der Waals surface area contributed by atoms with Gasteiger partial charge in [-0.15, -0.1) is 0 Å². The molecule has 1 unspecified atom stereocenters. The lowest BCUT2D eigenvalue weighted by Crippen LogP contribution is -2.54. The maximum atomic E-state index is 12.5. The van der Waals surface area contributed by atoms with Gasteiger partial charge >= 0.3 is 0 Å². The molecule has 0 spiro atoms. The van der Waals surface area contributed by atoms with Crippen LogP contribution < -0.4 is 4.74 Å². The van der Waals surface area contributed by atoms with Crippen molar-refractivity contribution in [3.05, 3.63) is 29.3 Å². The molecule has 0 aliphatic carbocycles.